The van der Waals surface area contributed by atoms with E-state index >= 15 is 0 Å². The first-order valence-corrected chi connectivity index (χ1v) is 7.63. The molecule has 0 amide bonds. The molecule has 2 atom stereocenters. The van der Waals surface area contributed by atoms with Gasteiger partial charge in [-0.05, 0) is 26.3 Å². The van der Waals surface area contributed by atoms with E-state index in [1.807, 2.05) is 5.38 Å². The van der Waals surface area contributed by atoms with Crippen LogP contribution in [0.25, 0.3) is 0 Å². The molecule has 2 unspecified atom stereocenters. The topological polar surface area (TPSA) is 56.7 Å². The van der Waals surface area contributed by atoms with Crippen LogP contribution in [0.2, 0.25) is 0 Å². The summed E-state index contributed by atoms with van der Waals surface area (Å²) in [7, 11) is 2.23. The third-order valence-corrected chi connectivity index (χ3v) is 5.23. The third-order valence-electron chi connectivity index (χ3n) is 4.35. The number of carboxylic acids is 1. The van der Waals surface area contributed by atoms with E-state index in [1.165, 1.54) is 30.6 Å². The molecule has 1 aromatic heterocycles. The molecule has 0 radical (unpaired) electrons. The fourth-order valence-corrected chi connectivity index (χ4v) is 3.88. The average molecular weight is 281 g/mol. The Hall–Kier alpha value is -0.980. The van der Waals surface area contributed by atoms with Gasteiger partial charge in [0.05, 0.1) is 5.69 Å². The maximum absolute atomic E-state index is 10.8. The highest BCUT2D eigenvalue weighted by atomic mass is 32.1. The molecule has 2 bridgehead atoms. The minimum absolute atomic E-state index is 0.198. The number of hydrogen-bond acceptors (Lipinski definition) is 5. The molecular formula is C13H19N3O2S. The van der Waals surface area contributed by atoms with Crippen molar-refractivity contribution in [2.75, 3.05) is 20.1 Å². The van der Waals surface area contributed by atoms with Gasteiger partial charge in [0.25, 0.3) is 0 Å². The largest absolute Gasteiger partial charge is 0.476 e. The summed E-state index contributed by atoms with van der Waals surface area (Å²) >= 11 is 1.22. The standard InChI is InChI=1S/C13H19N3O2S/c1-15-10-2-3-11(15)7-16(5-4-10)6-9-8-19-12(14-9)13(17)18/h8,10-11H,2-7H2,1H3,(H,17,18). The summed E-state index contributed by atoms with van der Waals surface area (Å²) in [5, 5.41) is 11.0. The van der Waals surface area contributed by atoms with Crippen LogP contribution in [-0.4, -0.2) is 58.1 Å². The summed E-state index contributed by atoms with van der Waals surface area (Å²) in [6.45, 7) is 2.94. The Morgan fingerprint density at radius 1 is 1.47 bits per heavy atom. The summed E-state index contributed by atoms with van der Waals surface area (Å²) in [6.07, 6.45) is 3.83. The number of fused-ring (bicyclic) bond motifs is 2. The first-order valence-electron chi connectivity index (χ1n) is 6.75. The Morgan fingerprint density at radius 2 is 2.26 bits per heavy atom. The molecule has 0 aliphatic carbocycles. The van der Waals surface area contributed by atoms with Crippen LogP contribution in [0.5, 0.6) is 0 Å². The Morgan fingerprint density at radius 3 is 3.00 bits per heavy atom. The van der Waals surface area contributed by atoms with E-state index in [2.05, 4.69) is 21.8 Å². The zero-order chi connectivity index (χ0) is 13.4. The summed E-state index contributed by atoms with van der Waals surface area (Å²) < 4.78 is 0. The van der Waals surface area contributed by atoms with Crippen molar-refractivity contribution in [3.8, 4) is 0 Å². The van der Waals surface area contributed by atoms with Gasteiger partial charge in [-0.15, -0.1) is 11.3 Å². The smallest absolute Gasteiger partial charge is 0.365 e. The van der Waals surface area contributed by atoms with E-state index in [0.29, 0.717) is 6.04 Å². The molecule has 19 heavy (non-hydrogen) atoms. The quantitative estimate of drug-likeness (QED) is 0.910. The van der Waals surface area contributed by atoms with Crippen LogP contribution < -0.4 is 0 Å². The number of likely N-dealkylation sites (N-methyl/N-ethyl adjacent to an activating group) is 1. The maximum atomic E-state index is 10.8. The first-order chi connectivity index (χ1) is 9.13. The van der Waals surface area contributed by atoms with Crippen molar-refractivity contribution >= 4 is 17.3 Å². The average Bonchev–Trinajstić information content (AvgIpc) is 2.89. The van der Waals surface area contributed by atoms with Crippen LogP contribution >= 0.6 is 11.3 Å². The summed E-state index contributed by atoms with van der Waals surface area (Å²) in [4.78, 5) is 20.0. The van der Waals surface area contributed by atoms with E-state index in [9.17, 15) is 4.79 Å². The Labute approximate surface area is 116 Å². The fraction of sp³-hybridized carbons (Fsp3) is 0.692. The maximum Gasteiger partial charge on any atom is 0.365 e. The first kappa shape index (κ1) is 13.0. The number of aromatic nitrogens is 1. The molecule has 2 saturated heterocycles. The summed E-state index contributed by atoms with van der Waals surface area (Å²) in [5.74, 6) is -0.925. The molecule has 3 rings (SSSR count). The number of nitrogens with zero attached hydrogens (tertiary/aromatic N) is 3. The molecule has 2 aliphatic heterocycles. The van der Waals surface area contributed by atoms with Crippen molar-refractivity contribution in [3.05, 3.63) is 16.1 Å². The van der Waals surface area contributed by atoms with Crippen LogP contribution in [-0.2, 0) is 6.54 Å². The molecule has 2 fully saturated rings. The van der Waals surface area contributed by atoms with Gasteiger partial charge in [-0.3, -0.25) is 9.80 Å². The molecule has 0 spiro atoms. The highest BCUT2D eigenvalue weighted by molar-refractivity contribution is 7.11. The highest BCUT2D eigenvalue weighted by Crippen LogP contribution is 2.29. The number of likely N-dealkylation sites (tertiary alicyclic amines) is 1. The number of thiazole rings is 1. The number of aromatic carboxylic acids is 1. The number of rotatable bonds is 3. The zero-order valence-corrected chi connectivity index (χ0v) is 11.9. The SMILES string of the molecule is CN1C2CCC1CN(Cc1csc(C(=O)O)n1)CC2. The van der Waals surface area contributed by atoms with Crippen molar-refractivity contribution in [2.24, 2.45) is 0 Å². The van der Waals surface area contributed by atoms with Gasteiger partial charge >= 0.3 is 5.97 Å². The lowest BCUT2D eigenvalue weighted by Gasteiger charge is -2.24. The van der Waals surface area contributed by atoms with Crippen LogP contribution in [0.15, 0.2) is 5.38 Å². The molecule has 104 valence electrons. The molecule has 1 N–H and O–H groups in total. The normalized spacial score (nSPS) is 28.5. The zero-order valence-electron chi connectivity index (χ0n) is 11.1. The minimum atomic E-state index is -0.925. The van der Waals surface area contributed by atoms with Crippen LogP contribution in [0, 0.1) is 0 Å². The van der Waals surface area contributed by atoms with Crippen LogP contribution in [0.4, 0.5) is 0 Å². The van der Waals surface area contributed by atoms with E-state index < -0.39 is 5.97 Å². The Kier molecular flexibility index (Phi) is 3.56. The molecule has 6 heteroatoms. The Bertz CT molecular complexity index is 476. The van der Waals surface area contributed by atoms with E-state index in [1.54, 1.807) is 0 Å². The van der Waals surface area contributed by atoms with Crippen molar-refractivity contribution in [2.45, 2.75) is 37.9 Å². The molecule has 0 aromatic carbocycles. The molecule has 5 nitrogen and oxygen atoms in total. The van der Waals surface area contributed by atoms with E-state index in [4.69, 9.17) is 5.11 Å². The lowest BCUT2D eigenvalue weighted by Crippen LogP contribution is -2.36. The molecule has 3 heterocycles. The minimum Gasteiger partial charge on any atom is -0.476 e. The summed E-state index contributed by atoms with van der Waals surface area (Å²) in [5.41, 5.74) is 0.892. The summed E-state index contributed by atoms with van der Waals surface area (Å²) in [6, 6.07) is 1.39. The second-order valence-corrected chi connectivity index (χ2v) is 6.38. The molecule has 0 saturated carbocycles. The second kappa shape index (κ2) is 5.19. The number of carbonyl (C=O) groups is 1. The lowest BCUT2D eigenvalue weighted by atomic mass is 10.1. The predicted molar refractivity (Wildman–Crippen MR) is 73.5 cm³/mol. The lowest BCUT2D eigenvalue weighted by molar-refractivity contribution is 0.0696. The molecule has 2 aliphatic rings. The van der Waals surface area contributed by atoms with Gasteiger partial charge < -0.3 is 5.11 Å². The van der Waals surface area contributed by atoms with Gasteiger partial charge in [-0.2, -0.15) is 0 Å². The third kappa shape index (κ3) is 2.66. The van der Waals surface area contributed by atoms with Gasteiger partial charge in [0.2, 0.25) is 5.01 Å². The van der Waals surface area contributed by atoms with Gasteiger partial charge in [-0.1, -0.05) is 0 Å². The number of carboxylic acid groups (broad SMARTS) is 1. The van der Waals surface area contributed by atoms with E-state index in [0.717, 1.165) is 31.4 Å². The second-order valence-electron chi connectivity index (χ2n) is 5.52. The van der Waals surface area contributed by atoms with Crippen LogP contribution in [0.1, 0.15) is 34.8 Å². The Balaban J connectivity index is 1.65. The predicted octanol–water partition coefficient (Wildman–Crippen LogP) is 1.51. The van der Waals surface area contributed by atoms with E-state index in [-0.39, 0.29) is 5.01 Å². The van der Waals surface area contributed by atoms with Gasteiger partial charge in [0.15, 0.2) is 0 Å². The van der Waals surface area contributed by atoms with Crippen LogP contribution in [0.3, 0.4) is 0 Å². The van der Waals surface area contributed by atoms with Gasteiger partial charge in [-0.25, -0.2) is 9.78 Å². The van der Waals surface area contributed by atoms with Crippen molar-refractivity contribution in [3.63, 3.8) is 0 Å². The molecular weight excluding hydrogens is 262 g/mol. The highest BCUT2D eigenvalue weighted by Gasteiger charge is 2.34. The fourth-order valence-electron chi connectivity index (χ4n) is 3.23. The van der Waals surface area contributed by atoms with Gasteiger partial charge in [0.1, 0.15) is 0 Å². The molecule has 1 aromatic rings. The van der Waals surface area contributed by atoms with Gasteiger partial charge in [0, 0.05) is 37.1 Å². The monoisotopic (exact) mass is 281 g/mol. The van der Waals surface area contributed by atoms with Crippen molar-refractivity contribution in [1.82, 2.24) is 14.8 Å². The van der Waals surface area contributed by atoms with Crippen molar-refractivity contribution in [1.29, 1.82) is 0 Å². The number of hydrogen-bond donors (Lipinski definition) is 1. The van der Waals surface area contributed by atoms with Crippen molar-refractivity contribution < 1.29 is 9.90 Å².